The number of likely N-dealkylation sites (N-methyl/N-ethyl adjacent to an activating group) is 1. The van der Waals surface area contributed by atoms with E-state index >= 15 is 0 Å². The maximum Gasteiger partial charge on any atom is 0.269 e. The third-order valence-electron chi connectivity index (χ3n) is 4.16. The number of aryl methyl sites for hydroxylation is 1. The normalized spacial score (nSPS) is 15.1. The number of hydrogen-bond donors (Lipinski definition) is 0. The average molecular weight is 358 g/mol. The number of nitrogens with zero attached hydrogens (tertiary/aromatic N) is 2. The Morgan fingerprint density at radius 1 is 1.08 bits per heavy atom. The van der Waals surface area contributed by atoms with Gasteiger partial charge < -0.3 is 4.90 Å². The molecule has 2 aromatic carbocycles. The molecule has 0 saturated carbocycles. The van der Waals surface area contributed by atoms with Crippen molar-refractivity contribution in [2.45, 2.75) is 18.4 Å². The predicted molar refractivity (Wildman–Crippen MR) is 92.3 cm³/mol. The molecule has 0 aliphatic carbocycles. The third kappa shape index (κ3) is 3.15. The van der Waals surface area contributed by atoms with Gasteiger partial charge in [0, 0.05) is 13.6 Å². The topological polar surface area (TPSA) is 74.8 Å². The minimum Gasteiger partial charge on any atom is -0.340 e. The fourth-order valence-corrected chi connectivity index (χ4v) is 4.20. The van der Waals surface area contributed by atoms with Crippen LogP contribution in [0.3, 0.4) is 0 Å². The van der Waals surface area contributed by atoms with Crippen LogP contribution in [0.4, 0.5) is 0 Å². The number of benzene rings is 2. The summed E-state index contributed by atoms with van der Waals surface area (Å²) in [4.78, 5) is 26.1. The predicted octanol–water partition coefficient (Wildman–Crippen LogP) is 1.80. The molecule has 0 spiro atoms. The van der Waals surface area contributed by atoms with Crippen LogP contribution in [0.1, 0.15) is 21.5 Å². The largest absolute Gasteiger partial charge is 0.340 e. The summed E-state index contributed by atoms with van der Waals surface area (Å²) in [5.74, 6) is -1.10. The minimum atomic E-state index is -3.97. The van der Waals surface area contributed by atoms with Gasteiger partial charge in [-0.15, -0.1) is 0 Å². The minimum absolute atomic E-state index is 0.0472. The third-order valence-corrected chi connectivity index (χ3v) is 5.94. The molecule has 25 heavy (non-hydrogen) atoms. The van der Waals surface area contributed by atoms with Crippen molar-refractivity contribution in [3.63, 3.8) is 0 Å². The number of carbonyl (C=O) groups is 2. The lowest BCUT2D eigenvalue weighted by Gasteiger charge is -2.21. The fourth-order valence-electron chi connectivity index (χ4n) is 2.69. The van der Waals surface area contributed by atoms with Gasteiger partial charge in [-0.25, -0.2) is 12.7 Å². The second-order valence-corrected chi connectivity index (χ2v) is 7.88. The molecule has 0 fully saturated rings. The number of fused-ring (bicyclic) bond motifs is 1. The van der Waals surface area contributed by atoms with Crippen LogP contribution in [0.5, 0.6) is 0 Å². The zero-order chi connectivity index (χ0) is 18.2. The second-order valence-electron chi connectivity index (χ2n) is 6.05. The van der Waals surface area contributed by atoms with Crippen molar-refractivity contribution >= 4 is 21.8 Å². The first-order valence-electron chi connectivity index (χ1n) is 7.76. The number of amides is 2. The molecule has 1 aliphatic rings. The van der Waals surface area contributed by atoms with E-state index in [1.54, 1.807) is 19.2 Å². The molecule has 0 unspecified atom stereocenters. The van der Waals surface area contributed by atoms with Gasteiger partial charge in [-0.05, 0) is 24.6 Å². The first-order valence-corrected chi connectivity index (χ1v) is 9.20. The van der Waals surface area contributed by atoms with Crippen molar-refractivity contribution in [3.05, 3.63) is 65.2 Å². The van der Waals surface area contributed by atoms with Gasteiger partial charge in [0.15, 0.2) is 0 Å². The lowest BCUT2D eigenvalue weighted by Crippen LogP contribution is -2.40. The van der Waals surface area contributed by atoms with Crippen molar-refractivity contribution in [2.75, 3.05) is 13.6 Å². The van der Waals surface area contributed by atoms with Crippen LogP contribution >= 0.6 is 0 Å². The first-order chi connectivity index (χ1) is 11.8. The summed E-state index contributed by atoms with van der Waals surface area (Å²) in [6.45, 7) is 1.81. The van der Waals surface area contributed by atoms with E-state index in [0.29, 0.717) is 10.8 Å². The highest BCUT2D eigenvalue weighted by molar-refractivity contribution is 7.90. The summed E-state index contributed by atoms with van der Waals surface area (Å²) in [7, 11) is -2.38. The van der Waals surface area contributed by atoms with E-state index in [9.17, 15) is 18.0 Å². The molecule has 0 N–H and O–H groups in total. The number of hydrogen-bond acceptors (Lipinski definition) is 4. The Bertz CT molecular complexity index is 936. The van der Waals surface area contributed by atoms with Crippen LogP contribution in [0.25, 0.3) is 0 Å². The summed E-state index contributed by atoms with van der Waals surface area (Å²) in [5.41, 5.74) is 2.15. The van der Waals surface area contributed by atoms with E-state index in [0.717, 1.165) is 11.1 Å². The van der Waals surface area contributed by atoms with Crippen LogP contribution in [0.15, 0.2) is 53.4 Å². The van der Waals surface area contributed by atoms with E-state index in [-0.39, 0.29) is 10.5 Å². The quantitative estimate of drug-likeness (QED) is 0.835. The van der Waals surface area contributed by atoms with Gasteiger partial charge in [-0.1, -0.05) is 42.0 Å². The van der Waals surface area contributed by atoms with E-state index in [1.807, 2.05) is 31.2 Å². The van der Waals surface area contributed by atoms with Crippen LogP contribution in [0, 0.1) is 6.92 Å². The maximum absolute atomic E-state index is 12.5. The molecular weight excluding hydrogens is 340 g/mol. The van der Waals surface area contributed by atoms with E-state index in [2.05, 4.69) is 0 Å². The van der Waals surface area contributed by atoms with Gasteiger partial charge in [-0.3, -0.25) is 9.59 Å². The Kier molecular flexibility index (Phi) is 4.34. The van der Waals surface area contributed by atoms with Crippen LogP contribution < -0.4 is 0 Å². The Hall–Kier alpha value is -2.67. The highest BCUT2D eigenvalue weighted by Gasteiger charge is 2.42. The number of carbonyl (C=O) groups excluding carboxylic acids is 2. The van der Waals surface area contributed by atoms with Crippen LogP contribution in [-0.2, 0) is 21.4 Å². The Labute approximate surface area is 146 Å². The Morgan fingerprint density at radius 3 is 2.36 bits per heavy atom. The zero-order valence-electron chi connectivity index (χ0n) is 14.0. The average Bonchev–Trinajstić information content (AvgIpc) is 2.78. The maximum atomic E-state index is 12.5. The first kappa shape index (κ1) is 17.2. The lowest BCUT2D eigenvalue weighted by molar-refractivity contribution is -0.130. The Balaban J connectivity index is 1.75. The monoisotopic (exact) mass is 358 g/mol. The molecule has 1 aliphatic heterocycles. The summed E-state index contributed by atoms with van der Waals surface area (Å²) in [5, 5.41) is 0. The molecule has 0 aromatic heterocycles. The van der Waals surface area contributed by atoms with Crippen molar-refractivity contribution < 1.29 is 18.0 Å². The summed E-state index contributed by atoms with van der Waals surface area (Å²) in [6.07, 6.45) is 0. The SMILES string of the molecule is Cc1ccc(CN(C)C(=O)CN2C(=O)c3ccccc3S2(=O)=O)cc1. The van der Waals surface area contributed by atoms with E-state index < -0.39 is 28.4 Å². The highest BCUT2D eigenvalue weighted by atomic mass is 32.2. The molecule has 3 rings (SSSR count). The molecule has 0 radical (unpaired) electrons. The Morgan fingerprint density at radius 2 is 1.72 bits per heavy atom. The van der Waals surface area contributed by atoms with Crippen molar-refractivity contribution in [3.8, 4) is 0 Å². The standard InChI is InChI=1S/C18H18N2O4S/c1-13-7-9-14(10-8-13)11-19(2)17(21)12-20-18(22)15-5-3-4-6-16(15)25(20,23)24/h3-10H,11-12H2,1-2H3. The lowest BCUT2D eigenvalue weighted by atomic mass is 10.1. The molecule has 2 aromatic rings. The number of sulfonamides is 1. The van der Waals surface area contributed by atoms with Crippen molar-refractivity contribution in [2.24, 2.45) is 0 Å². The summed E-state index contributed by atoms with van der Waals surface area (Å²) < 4.78 is 25.6. The molecular formula is C18H18N2O4S. The van der Waals surface area contributed by atoms with Crippen LogP contribution in [0.2, 0.25) is 0 Å². The molecule has 2 amide bonds. The summed E-state index contributed by atoms with van der Waals surface area (Å²) in [6, 6.07) is 13.7. The zero-order valence-corrected chi connectivity index (χ0v) is 14.8. The second kappa shape index (κ2) is 6.33. The number of rotatable bonds is 4. The van der Waals surface area contributed by atoms with Crippen LogP contribution in [-0.4, -0.2) is 43.0 Å². The van der Waals surface area contributed by atoms with E-state index in [4.69, 9.17) is 0 Å². The molecule has 1 heterocycles. The molecule has 7 heteroatoms. The van der Waals surface area contributed by atoms with Gasteiger partial charge in [0.2, 0.25) is 5.91 Å². The van der Waals surface area contributed by atoms with E-state index in [1.165, 1.54) is 17.0 Å². The molecule has 130 valence electrons. The van der Waals surface area contributed by atoms with Crippen molar-refractivity contribution in [1.82, 2.24) is 9.21 Å². The van der Waals surface area contributed by atoms with Gasteiger partial charge in [0.05, 0.1) is 5.56 Å². The highest BCUT2D eigenvalue weighted by Crippen LogP contribution is 2.29. The molecule has 0 bridgehead atoms. The van der Waals surface area contributed by atoms with Crippen molar-refractivity contribution in [1.29, 1.82) is 0 Å². The fraction of sp³-hybridized carbons (Fsp3) is 0.222. The smallest absolute Gasteiger partial charge is 0.269 e. The van der Waals surface area contributed by atoms with Gasteiger partial charge in [-0.2, -0.15) is 0 Å². The molecule has 6 nitrogen and oxygen atoms in total. The summed E-state index contributed by atoms with van der Waals surface area (Å²) >= 11 is 0. The molecule has 0 atom stereocenters. The van der Waals surface area contributed by atoms with Gasteiger partial charge in [0.25, 0.3) is 15.9 Å². The van der Waals surface area contributed by atoms with Gasteiger partial charge in [0.1, 0.15) is 11.4 Å². The molecule has 0 saturated heterocycles. The van der Waals surface area contributed by atoms with Gasteiger partial charge >= 0.3 is 0 Å².